The molecule has 0 atom stereocenters. The third-order valence-electron chi connectivity index (χ3n) is 6.38. The van der Waals surface area contributed by atoms with E-state index >= 15 is 0 Å². The number of aryl methyl sites for hydroxylation is 1. The number of benzene rings is 1. The molecule has 0 N–H and O–H groups in total. The molecular weight excluding hydrogens is 364 g/mol. The van der Waals surface area contributed by atoms with Crippen LogP contribution in [-0.4, -0.2) is 0 Å². The van der Waals surface area contributed by atoms with Gasteiger partial charge in [0.1, 0.15) is 0 Å². The molecule has 0 nitrogen and oxygen atoms in total. The maximum absolute atomic E-state index is 2.43. The number of hydrogen-bond acceptors (Lipinski definition) is 2. The standard InChI is InChI=1S/C25H32S2/c1-3-5-6-7-22-16-24-25(26-22)17-23(27-24)21-14-12-20(13-15-21)19-10-8-18(4-2)9-11-19/h12-19H,3-11H2,1-2H3/t18-,19-. The van der Waals surface area contributed by atoms with Gasteiger partial charge in [0.2, 0.25) is 0 Å². The molecule has 1 aliphatic carbocycles. The van der Waals surface area contributed by atoms with Gasteiger partial charge in [0.05, 0.1) is 0 Å². The fraction of sp³-hybridized carbons (Fsp3) is 0.520. The quantitative estimate of drug-likeness (QED) is 0.349. The average Bonchev–Trinajstić information content (AvgIpc) is 3.27. The van der Waals surface area contributed by atoms with Gasteiger partial charge in [-0.05, 0) is 73.6 Å². The van der Waals surface area contributed by atoms with Crippen LogP contribution in [0.5, 0.6) is 0 Å². The predicted molar refractivity (Wildman–Crippen MR) is 123 cm³/mol. The van der Waals surface area contributed by atoms with Crippen LogP contribution in [-0.2, 0) is 6.42 Å². The highest BCUT2D eigenvalue weighted by Crippen LogP contribution is 2.40. The molecule has 1 fully saturated rings. The maximum Gasteiger partial charge on any atom is 0.0460 e. The maximum atomic E-state index is 2.43. The molecule has 3 aromatic rings. The van der Waals surface area contributed by atoms with Gasteiger partial charge < -0.3 is 0 Å². The molecular formula is C25H32S2. The van der Waals surface area contributed by atoms with Gasteiger partial charge >= 0.3 is 0 Å². The number of unbranched alkanes of at least 4 members (excludes halogenated alkanes) is 2. The Bertz CT molecular complexity index is 813. The van der Waals surface area contributed by atoms with Gasteiger partial charge in [-0.15, -0.1) is 22.7 Å². The number of thiophene rings is 2. The van der Waals surface area contributed by atoms with Crippen molar-refractivity contribution < 1.29 is 0 Å². The van der Waals surface area contributed by atoms with E-state index < -0.39 is 0 Å². The first-order valence-corrected chi connectivity index (χ1v) is 12.5. The van der Waals surface area contributed by atoms with Crippen LogP contribution in [0.15, 0.2) is 36.4 Å². The van der Waals surface area contributed by atoms with Crippen molar-refractivity contribution in [2.24, 2.45) is 5.92 Å². The highest BCUT2D eigenvalue weighted by Gasteiger charge is 2.21. The van der Waals surface area contributed by atoms with Crippen LogP contribution in [0.25, 0.3) is 19.8 Å². The lowest BCUT2D eigenvalue weighted by atomic mass is 9.78. The van der Waals surface area contributed by atoms with Crippen molar-refractivity contribution in [3.8, 4) is 10.4 Å². The largest absolute Gasteiger partial charge is 0.139 e. The van der Waals surface area contributed by atoms with Crippen LogP contribution in [0.2, 0.25) is 0 Å². The molecule has 0 saturated heterocycles. The summed E-state index contributed by atoms with van der Waals surface area (Å²) < 4.78 is 2.95. The Morgan fingerprint density at radius 3 is 2.26 bits per heavy atom. The number of rotatable bonds is 7. The third kappa shape index (κ3) is 4.49. The summed E-state index contributed by atoms with van der Waals surface area (Å²) in [6.07, 6.45) is 12.2. The van der Waals surface area contributed by atoms with E-state index in [0.29, 0.717) is 0 Å². The lowest BCUT2D eigenvalue weighted by molar-refractivity contribution is 0.319. The Hall–Kier alpha value is -1.12. The van der Waals surface area contributed by atoms with Crippen LogP contribution >= 0.6 is 22.7 Å². The SMILES string of the molecule is CCCCCc1cc2sc(-c3ccc([C@H]4CC[C@H](CC)CC4)cc3)cc2s1. The van der Waals surface area contributed by atoms with Crippen LogP contribution in [0, 0.1) is 5.92 Å². The summed E-state index contributed by atoms with van der Waals surface area (Å²) in [5.74, 6) is 1.77. The van der Waals surface area contributed by atoms with Gasteiger partial charge in [0, 0.05) is 19.2 Å². The molecule has 1 aliphatic rings. The minimum atomic E-state index is 0.791. The first-order chi connectivity index (χ1) is 13.3. The lowest BCUT2D eigenvalue weighted by Crippen LogP contribution is -2.12. The van der Waals surface area contributed by atoms with E-state index in [0.717, 1.165) is 11.8 Å². The van der Waals surface area contributed by atoms with Crippen molar-refractivity contribution in [3.05, 3.63) is 46.8 Å². The van der Waals surface area contributed by atoms with Gasteiger partial charge in [-0.3, -0.25) is 0 Å². The Balaban J connectivity index is 1.43. The Labute approximate surface area is 172 Å². The molecule has 2 heterocycles. The molecule has 0 radical (unpaired) electrons. The highest BCUT2D eigenvalue weighted by atomic mass is 32.1. The fourth-order valence-electron chi connectivity index (χ4n) is 4.52. The molecule has 1 saturated carbocycles. The third-order valence-corrected chi connectivity index (χ3v) is 8.78. The molecule has 4 rings (SSSR count). The van der Waals surface area contributed by atoms with Crippen molar-refractivity contribution in [2.75, 3.05) is 0 Å². The first-order valence-electron chi connectivity index (χ1n) is 10.9. The topological polar surface area (TPSA) is 0 Å². The second-order valence-electron chi connectivity index (χ2n) is 8.26. The van der Waals surface area contributed by atoms with E-state index in [-0.39, 0.29) is 0 Å². The number of hydrogen-bond donors (Lipinski definition) is 0. The van der Waals surface area contributed by atoms with Crippen molar-refractivity contribution in [2.45, 2.75) is 77.6 Å². The monoisotopic (exact) mass is 396 g/mol. The highest BCUT2D eigenvalue weighted by molar-refractivity contribution is 7.29. The summed E-state index contributed by atoms with van der Waals surface area (Å²) in [5.41, 5.74) is 2.95. The van der Waals surface area contributed by atoms with E-state index in [9.17, 15) is 0 Å². The van der Waals surface area contributed by atoms with Crippen molar-refractivity contribution in [3.63, 3.8) is 0 Å². The van der Waals surface area contributed by atoms with Crippen LogP contribution < -0.4 is 0 Å². The molecule has 0 amide bonds. The summed E-state index contributed by atoms with van der Waals surface area (Å²) in [5, 5.41) is 0. The zero-order valence-corrected chi connectivity index (χ0v) is 18.4. The van der Waals surface area contributed by atoms with E-state index in [4.69, 9.17) is 0 Å². The molecule has 144 valence electrons. The zero-order valence-electron chi connectivity index (χ0n) is 16.8. The van der Waals surface area contributed by atoms with Gasteiger partial charge in [0.25, 0.3) is 0 Å². The Morgan fingerprint density at radius 1 is 0.852 bits per heavy atom. The van der Waals surface area contributed by atoms with Gasteiger partial charge in [0.15, 0.2) is 0 Å². The molecule has 0 spiro atoms. The predicted octanol–water partition coefficient (Wildman–Crippen LogP) is 9.05. The van der Waals surface area contributed by atoms with Crippen LogP contribution in [0.3, 0.4) is 0 Å². The second kappa shape index (κ2) is 8.92. The fourth-order valence-corrected chi connectivity index (χ4v) is 6.99. The van der Waals surface area contributed by atoms with Gasteiger partial charge in [-0.2, -0.15) is 0 Å². The van der Waals surface area contributed by atoms with Crippen molar-refractivity contribution in [1.82, 2.24) is 0 Å². The van der Waals surface area contributed by atoms with Crippen LogP contribution in [0.4, 0.5) is 0 Å². The molecule has 27 heavy (non-hydrogen) atoms. The molecule has 0 aliphatic heterocycles. The summed E-state index contributed by atoms with van der Waals surface area (Å²) >= 11 is 3.97. The second-order valence-corrected chi connectivity index (χ2v) is 10.5. The van der Waals surface area contributed by atoms with Crippen molar-refractivity contribution in [1.29, 1.82) is 0 Å². The molecule has 0 unspecified atom stereocenters. The van der Waals surface area contributed by atoms with E-state index in [2.05, 4.69) is 50.2 Å². The molecule has 0 bridgehead atoms. The minimum absolute atomic E-state index is 0.791. The van der Waals surface area contributed by atoms with Crippen molar-refractivity contribution >= 4 is 32.1 Å². The van der Waals surface area contributed by atoms with Gasteiger partial charge in [-0.1, -0.05) is 57.4 Å². The molecule has 2 heteroatoms. The van der Waals surface area contributed by atoms with Crippen LogP contribution in [0.1, 0.15) is 81.6 Å². The molecule has 1 aromatic carbocycles. The smallest absolute Gasteiger partial charge is 0.0460 e. The number of fused-ring (bicyclic) bond motifs is 1. The summed E-state index contributed by atoms with van der Waals surface area (Å²) in [4.78, 5) is 2.99. The lowest BCUT2D eigenvalue weighted by Gasteiger charge is -2.28. The first kappa shape index (κ1) is 19.2. The average molecular weight is 397 g/mol. The normalized spacial score (nSPS) is 20.4. The molecule has 2 aromatic heterocycles. The minimum Gasteiger partial charge on any atom is -0.139 e. The van der Waals surface area contributed by atoms with E-state index in [1.54, 1.807) is 10.4 Å². The zero-order chi connectivity index (χ0) is 18.6. The van der Waals surface area contributed by atoms with E-state index in [1.165, 1.54) is 77.6 Å². The summed E-state index contributed by atoms with van der Waals surface area (Å²) in [6.45, 7) is 4.63. The Morgan fingerprint density at radius 2 is 1.59 bits per heavy atom. The summed E-state index contributed by atoms with van der Waals surface area (Å²) in [7, 11) is 0. The Kier molecular flexibility index (Phi) is 6.35. The van der Waals surface area contributed by atoms with E-state index in [1.807, 2.05) is 22.7 Å². The summed E-state index contributed by atoms with van der Waals surface area (Å²) in [6, 6.07) is 14.4. The van der Waals surface area contributed by atoms with Gasteiger partial charge in [-0.25, -0.2) is 0 Å².